The molecular formula is C11H7FO4. The second-order valence-corrected chi connectivity index (χ2v) is 3.38. The molecule has 0 atom stereocenters. The number of hydrogen-bond acceptors (Lipinski definition) is 3. The smallest absolute Gasteiger partial charge is 0.371 e. The minimum atomic E-state index is -1.36. The number of aromatic carboxylic acids is 1. The molecular weight excluding hydrogens is 215 g/mol. The zero-order chi connectivity index (χ0) is 11.9. The maximum Gasteiger partial charge on any atom is 0.371 e. The van der Waals surface area contributed by atoms with Gasteiger partial charge in [-0.15, -0.1) is 0 Å². The molecule has 1 aromatic heterocycles. The molecule has 82 valence electrons. The Bertz CT molecular complexity index is 642. The zero-order valence-corrected chi connectivity index (χ0v) is 8.28. The van der Waals surface area contributed by atoms with E-state index < -0.39 is 23.0 Å². The second kappa shape index (κ2) is 3.44. The molecule has 0 unspecified atom stereocenters. The maximum absolute atomic E-state index is 13.2. The van der Waals surface area contributed by atoms with Crippen LogP contribution in [0.5, 0.6) is 0 Å². The number of aryl methyl sites for hydroxylation is 1. The van der Waals surface area contributed by atoms with Crippen LogP contribution in [0.4, 0.5) is 4.39 Å². The van der Waals surface area contributed by atoms with Gasteiger partial charge < -0.3 is 9.52 Å². The van der Waals surface area contributed by atoms with Crippen molar-refractivity contribution in [2.24, 2.45) is 0 Å². The third-order valence-corrected chi connectivity index (χ3v) is 2.22. The third-order valence-electron chi connectivity index (χ3n) is 2.22. The molecule has 0 saturated heterocycles. The first-order chi connectivity index (χ1) is 7.49. The van der Waals surface area contributed by atoms with Crippen LogP contribution < -0.4 is 5.43 Å². The van der Waals surface area contributed by atoms with Gasteiger partial charge in [-0.1, -0.05) is 0 Å². The monoisotopic (exact) mass is 222 g/mol. The zero-order valence-electron chi connectivity index (χ0n) is 8.28. The largest absolute Gasteiger partial charge is 0.475 e. The van der Waals surface area contributed by atoms with Crippen molar-refractivity contribution in [1.29, 1.82) is 0 Å². The molecule has 0 spiro atoms. The lowest BCUT2D eigenvalue weighted by atomic mass is 10.1. The van der Waals surface area contributed by atoms with E-state index in [0.717, 1.165) is 12.1 Å². The number of rotatable bonds is 1. The molecule has 2 rings (SSSR count). The average molecular weight is 222 g/mol. The van der Waals surface area contributed by atoms with E-state index in [2.05, 4.69) is 0 Å². The lowest BCUT2D eigenvalue weighted by Crippen LogP contribution is -2.06. The van der Waals surface area contributed by atoms with Crippen molar-refractivity contribution in [3.63, 3.8) is 0 Å². The fourth-order valence-electron chi connectivity index (χ4n) is 1.39. The Morgan fingerprint density at radius 2 is 2.06 bits per heavy atom. The Balaban J connectivity index is 2.88. The van der Waals surface area contributed by atoms with Crippen molar-refractivity contribution in [2.45, 2.75) is 6.92 Å². The number of carboxylic acids is 1. The number of carboxylic acid groups (broad SMARTS) is 1. The van der Waals surface area contributed by atoms with Crippen molar-refractivity contribution in [3.8, 4) is 0 Å². The molecule has 5 heteroatoms. The molecule has 0 saturated carbocycles. The first-order valence-corrected chi connectivity index (χ1v) is 4.46. The predicted molar refractivity (Wildman–Crippen MR) is 54.1 cm³/mol. The Kier molecular flexibility index (Phi) is 2.23. The van der Waals surface area contributed by atoms with Crippen LogP contribution in [0.25, 0.3) is 11.0 Å². The van der Waals surface area contributed by atoms with E-state index in [1.165, 1.54) is 13.0 Å². The fourth-order valence-corrected chi connectivity index (χ4v) is 1.39. The van der Waals surface area contributed by atoms with Gasteiger partial charge in [-0.3, -0.25) is 4.79 Å². The van der Waals surface area contributed by atoms with Gasteiger partial charge in [-0.05, 0) is 18.6 Å². The number of fused-ring (bicyclic) bond motifs is 1. The highest BCUT2D eigenvalue weighted by atomic mass is 19.1. The summed E-state index contributed by atoms with van der Waals surface area (Å²) in [6, 6.07) is 3.22. The van der Waals surface area contributed by atoms with Gasteiger partial charge in [0.05, 0.1) is 5.39 Å². The molecule has 0 bridgehead atoms. The molecule has 1 aromatic carbocycles. The minimum absolute atomic E-state index is 0.0620. The summed E-state index contributed by atoms with van der Waals surface area (Å²) in [5.41, 5.74) is -0.252. The Morgan fingerprint density at radius 3 is 2.69 bits per heavy atom. The van der Waals surface area contributed by atoms with Crippen molar-refractivity contribution in [3.05, 3.63) is 45.6 Å². The number of carbonyl (C=O) groups is 1. The van der Waals surface area contributed by atoms with Gasteiger partial charge in [-0.25, -0.2) is 9.18 Å². The molecule has 2 aromatic rings. The quantitative estimate of drug-likeness (QED) is 0.800. The molecule has 4 nitrogen and oxygen atoms in total. The van der Waals surface area contributed by atoms with Crippen LogP contribution in [0.3, 0.4) is 0 Å². The van der Waals surface area contributed by atoms with Gasteiger partial charge in [0.1, 0.15) is 11.4 Å². The van der Waals surface area contributed by atoms with Crippen molar-refractivity contribution < 1.29 is 18.7 Å². The van der Waals surface area contributed by atoms with Crippen LogP contribution >= 0.6 is 0 Å². The molecule has 0 radical (unpaired) electrons. The van der Waals surface area contributed by atoms with Gasteiger partial charge in [0.2, 0.25) is 5.76 Å². The van der Waals surface area contributed by atoms with Crippen molar-refractivity contribution >= 4 is 16.9 Å². The standard InChI is InChI=1S/C11H7FO4/c1-5-2-6-8(13)4-10(11(14)15)16-9(6)3-7(5)12/h2-4H,1H3,(H,14,15). The second-order valence-electron chi connectivity index (χ2n) is 3.38. The van der Waals surface area contributed by atoms with Gasteiger partial charge in [-0.2, -0.15) is 0 Å². The van der Waals surface area contributed by atoms with Crippen LogP contribution in [0.2, 0.25) is 0 Å². The topological polar surface area (TPSA) is 67.5 Å². The first kappa shape index (κ1) is 10.4. The summed E-state index contributed by atoms with van der Waals surface area (Å²) >= 11 is 0. The summed E-state index contributed by atoms with van der Waals surface area (Å²) in [6.45, 7) is 1.51. The first-order valence-electron chi connectivity index (χ1n) is 4.46. The Hall–Kier alpha value is -2.17. The van der Waals surface area contributed by atoms with Crippen LogP contribution in [-0.4, -0.2) is 11.1 Å². The summed E-state index contributed by atoms with van der Waals surface area (Å²) in [6.07, 6.45) is 0. The van der Waals surface area contributed by atoms with Crippen molar-refractivity contribution in [2.75, 3.05) is 0 Å². The van der Waals surface area contributed by atoms with Crippen molar-refractivity contribution in [1.82, 2.24) is 0 Å². The molecule has 0 amide bonds. The van der Waals surface area contributed by atoms with E-state index >= 15 is 0 Å². The number of benzene rings is 1. The van der Waals surface area contributed by atoms with E-state index in [0.29, 0.717) is 5.56 Å². The fraction of sp³-hybridized carbons (Fsp3) is 0.0909. The summed E-state index contributed by atoms with van der Waals surface area (Å²) in [4.78, 5) is 22.1. The summed E-state index contributed by atoms with van der Waals surface area (Å²) < 4.78 is 18.1. The Labute approximate surface area is 88.9 Å². The van der Waals surface area contributed by atoms with E-state index in [9.17, 15) is 14.0 Å². The summed E-state index contributed by atoms with van der Waals surface area (Å²) in [7, 11) is 0. The third kappa shape index (κ3) is 1.56. The normalized spacial score (nSPS) is 10.6. The highest BCUT2D eigenvalue weighted by molar-refractivity contribution is 5.87. The molecule has 1 N–H and O–H groups in total. The lowest BCUT2D eigenvalue weighted by Gasteiger charge is -2.01. The van der Waals surface area contributed by atoms with E-state index in [-0.39, 0.29) is 11.0 Å². The van der Waals surface area contributed by atoms with Crippen LogP contribution in [0.1, 0.15) is 16.1 Å². The van der Waals surface area contributed by atoms with Gasteiger partial charge in [0, 0.05) is 12.1 Å². The van der Waals surface area contributed by atoms with E-state index in [1.54, 1.807) is 0 Å². The van der Waals surface area contributed by atoms with E-state index in [1.807, 2.05) is 0 Å². The lowest BCUT2D eigenvalue weighted by molar-refractivity contribution is 0.0663. The predicted octanol–water partition coefficient (Wildman–Crippen LogP) is 1.94. The molecule has 16 heavy (non-hydrogen) atoms. The molecule has 0 aliphatic heterocycles. The summed E-state index contributed by atoms with van der Waals surface area (Å²) in [5, 5.41) is 8.84. The van der Waals surface area contributed by atoms with E-state index in [4.69, 9.17) is 9.52 Å². The van der Waals surface area contributed by atoms with Crippen LogP contribution in [0, 0.1) is 12.7 Å². The van der Waals surface area contributed by atoms with Gasteiger partial charge in [0.25, 0.3) is 0 Å². The Morgan fingerprint density at radius 1 is 1.38 bits per heavy atom. The molecule has 0 fully saturated rings. The molecule has 0 aliphatic carbocycles. The number of hydrogen-bond donors (Lipinski definition) is 1. The SMILES string of the molecule is Cc1cc2c(=O)cc(C(=O)O)oc2cc1F. The maximum atomic E-state index is 13.2. The molecule has 0 aliphatic rings. The summed E-state index contributed by atoms with van der Waals surface area (Å²) in [5.74, 6) is -2.40. The molecule has 1 heterocycles. The number of halogens is 1. The van der Waals surface area contributed by atoms with Gasteiger partial charge in [0.15, 0.2) is 5.43 Å². The van der Waals surface area contributed by atoms with Crippen LogP contribution in [0.15, 0.2) is 27.4 Å². The highest BCUT2D eigenvalue weighted by Gasteiger charge is 2.12. The average Bonchev–Trinajstić information content (AvgIpc) is 2.20. The van der Waals surface area contributed by atoms with Gasteiger partial charge >= 0.3 is 5.97 Å². The van der Waals surface area contributed by atoms with Crippen LogP contribution in [-0.2, 0) is 0 Å². The highest BCUT2D eigenvalue weighted by Crippen LogP contribution is 2.17. The minimum Gasteiger partial charge on any atom is -0.475 e.